The molecular formula is C24H32. The van der Waals surface area contributed by atoms with Gasteiger partial charge in [-0.2, -0.15) is 0 Å². The average Bonchev–Trinajstić information content (AvgIpc) is 2.65. The predicted octanol–water partition coefficient (Wildman–Crippen LogP) is 6.40. The lowest BCUT2D eigenvalue weighted by molar-refractivity contribution is 0.272. The molecule has 0 aliphatic heterocycles. The highest BCUT2D eigenvalue weighted by Gasteiger charge is 2.21. The molecule has 128 valence electrons. The fourth-order valence-corrected chi connectivity index (χ4v) is 4.13. The minimum absolute atomic E-state index is 0.899. The van der Waals surface area contributed by atoms with Gasteiger partial charge >= 0.3 is 0 Å². The summed E-state index contributed by atoms with van der Waals surface area (Å²) in [5.74, 6) is 1.80. The molecule has 0 nitrogen and oxygen atoms in total. The first kappa shape index (κ1) is 17.3. The molecule has 24 heavy (non-hydrogen) atoms. The van der Waals surface area contributed by atoms with Crippen molar-refractivity contribution < 1.29 is 0 Å². The second-order valence-electron chi connectivity index (χ2n) is 7.64. The smallest absolute Gasteiger partial charge is 0.0250 e. The van der Waals surface area contributed by atoms with Gasteiger partial charge in [0.25, 0.3) is 0 Å². The molecule has 0 amide bonds. The molecule has 0 atom stereocenters. The first-order chi connectivity index (χ1) is 11.8. The van der Waals surface area contributed by atoms with Crippen molar-refractivity contribution in [1.82, 2.24) is 0 Å². The number of benzene rings is 2. The molecule has 2 aromatic carbocycles. The van der Waals surface area contributed by atoms with Gasteiger partial charge in [0.05, 0.1) is 0 Å². The van der Waals surface area contributed by atoms with Crippen molar-refractivity contribution in [3.8, 4) is 0 Å². The third-order valence-electron chi connectivity index (χ3n) is 5.88. The molecule has 0 saturated heterocycles. The largest absolute Gasteiger partial charge is 0.0613 e. The molecule has 0 heterocycles. The van der Waals surface area contributed by atoms with Crippen molar-refractivity contribution in [3.63, 3.8) is 0 Å². The molecule has 2 aromatic rings. The quantitative estimate of drug-likeness (QED) is 0.577. The van der Waals surface area contributed by atoms with Gasteiger partial charge in [-0.05, 0) is 85.5 Å². The van der Waals surface area contributed by atoms with Gasteiger partial charge in [0.15, 0.2) is 0 Å². The molecule has 1 saturated carbocycles. The zero-order valence-corrected chi connectivity index (χ0v) is 15.4. The summed E-state index contributed by atoms with van der Waals surface area (Å²) < 4.78 is 0. The number of aryl methyl sites for hydroxylation is 2. The molecule has 3 rings (SSSR count). The first-order valence-corrected chi connectivity index (χ1v) is 9.92. The SMILES string of the molecule is CCc1ccc(CC2CCC(Cc3ccc(CC)cc3)CC2)cc1. The van der Waals surface area contributed by atoms with E-state index in [0.29, 0.717) is 0 Å². The van der Waals surface area contributed by atoms with Crippen molar-refractivity contribution >= 4 is 0 Å². The van der Waals surface area contributed by atoms with E-state index in [9.17, 15) is 0 Å². The van der Waals surface area contributed by atoms with Crippen LogP contribution in [0.3, 0.4) is 0 Å². The second-order valence-corrected chi connectivity index (χ2v) is 7.64. The Hall–Kier alpha value is -1.56. The lowest BCUT2D eigenvalue weighted by Crippen LogP contribution is -2.18. The van der Waals surface area contributed by atoms with E-state index in [1.54, 1.807) is 0 Å². The summed E-state index contributed by atoms with van der Waals surface area (Å²) in [6.45, 7) is 4.46. The van der Waals surface area contributed by atoms with Gasteiger partial charge in [0.2, 0.25) is 0 Å². The minimum Gasteiger partial charge on any atom is -0.0613 e. The van der Waals surface area contributed by atoms with E-state index < -0.39 is 0 Å². The Bertz CT molecular complexity index is 540. The second kappa shape index (κ2) is 8.51. The molecule has 0 heteroatoms. The lowest BCUT2D eigenvalue weighted by Gasteiger charge is -2.28. The molecule has 0 aromatic heterocycles. The van der Waals surface area contributed by atoms with Crippen LogP contribution in [0, 0.1) is 11.8 Å². The first-order valence-electron chi connectivity index (χ1n) is 9.92. The number of hydrogen-bond acceptors (Lipinski definition) is 0. The Balaban J connectivity index is 1.46. The van der Waals surface area contributed by atoms with Crippen LogP contribution in [0.5, 0.6) is 0 Å². The van der Waals surface area contributed by atoms with E-state index in [-0.39, 0.29) is 0 Å². The Morgan fingerprint density at radius 2 is 0.833 bits per heavy atom. The molecule has 0 spiro atoms. The van der Waals surface area contributed by atoms with Crippen LogP contribution in [-0.4, -0.2) is 0 Å². The van der Waals surface area contributed by atoms with E-state index in [2.05, 4.69) is 62.4 Å². The summed E-state index contributed by atoms with van der Waals surface area (Å²) in [7, 11) is 0. The molecule has 1 fully saturated rings. The highest BCUT2D eigenvalue weighted by atomic mass is 14.3. The van der Waals surface area contributed by atoms with Gasteiger partial charge in [-0.15, -0.1) is 0 Å². The van der Waals surface area contributed by atoms with E-state index in [1.807, 2.05) is 0 Å². The van der Waals surface area contributed by atoms with E-state index in [0.717, 1.165) is 24.7 Å². The number of rotatable bonds is 6. The molecule has 1 aliphatic carbocycles. The Kier molecular flexibility index (Phi) is 6.12. The lowest BCUT2D eigenvalue weighted by atomic mass is 9.77. The summed E-state index contributed by atoms with van der Waals surface area (Å²) in [5.41, 5.74) is 5.98. The standard InChI is InChI=1S/C24H32/c1-3-19-5-9-21(10-6-19)17-23-13-15-24(16-14-23)18-22-11-7-20(4-2)8-12-22/h5-12,23-24H,3-4,13-18H2,1-2H3. The van der Waals surface area contributed by atoms with Gasteiger partial charge in [-0.3, -0.25) is 0 Å². The third-order valence-corrected chi connectivity index (χ3v) is 5.88. The summed E-state index contributed by atoms with van der Waals surface area (Å²) in [6.07, 6.45) is 10.5. The van der Waals surface area contributed by atoms with E-state index >= 15 is 0 Å². The molecule has 0 N–H and O–H groups in total. The van der Waals surface area contributed by atoms with E-state index in [4.69, 9.17) is 0 Å². The zero-order valence-electron chi connectivity index (χ0n) is 15.4. The molecule has 0 unspecified atom stereocenters. The maximum atomic E-state index is 2.35. The predicted molar refractivity (Wildman–Crippen MR) is 104 cm³/mol. The van der Waals surface area contributed by atoms with Crippen molar-refractivity contribution in [2.24, 2.45) is 11.8 Å². The Morgan fingerprint density at radius 1 is 0.542 bits per heavy atom. The molecule has 1 aliphatic rings. The van der Waals surface area contributed by atoms with Crippen LogP contribution in [-0.2, 0) is 25.7 Å². The molecule has 0 bridgehead atoms. The van der Waals surface area contributed by atoms with Crippen molar-refractivity contribution in [2.75, 3.05) is 0 Å². The highest BCUT2D eigenvalue weighted by Crippen LogP contribution is 2.33. The third kappa shape index (κ3) is 4.72. The fourth-order valence-electron chi connectivity index (χ4n) is 4.13. The van der Waals surface area contributed by atoms with Crippen LogP contribution in [0.4, 0.5) is 0 Å². The Labute approximate surface area is 148 Å². The van der Waals surface area contributed by atoms with Crippen molar-refractivity contribution in [2.45, 2.75) is 65.2 Å². The fraction of sp³-hybridized carbons (Fsp3) is 0.500. The van der Waals surface area contributed by atoms with Gasteiger partial charge < -0.3 is 0 Å². The van der Waals surface area contributed by atoms with Gasteiger partial charge in [0.1, 0.15) is 0 Å². The van der Waals surface area contributed by atoms with Crippen LogP contribution in [0.1, 0.15) is 61.8 Å². The average molecular weight is 321 g/mol. The molecule has 0 radical (unpaired) electrons. The molecular weight excluding hydrogens is 288 g/mol. The number of hydrogen-bond donors (Lipinski definition) is 0. The van der Waals surface area contributed by atoms with Gasteiger partial charge in [-0.1, -0.05) is 62.4 Å². The minimum atomic E-state index is 0.899. The summed E-state index contributed by atoms with van der Waals surface area (Å²) in [4.78, 5) is 0. The highest BCUT2D eigenvalue weighted by molar-refractivity contribution is 5.24. The van der Waals surface area contributed by atoms with Crippen LogP contribution in [0.15, 0.2) is 48.5 Å². The van der Waals surface area contributed by atoms with E-state index in [1.165, 1.54) is 60.8 Å². The summed E-state index contributed by atoms with van der Waals surface area (Å²) in [6, 6.07) is 18.6. The summed E-state index contributed by atoms with van der Waals surface area (Å²) in [5, 5.41) is 0. The van der Waals surface area contributed by atoms with Gasteiger partial charge in [0, 0.05) is 0 Å². The normalized spacial score (nSPS) is 20.9. The topological polar surface area (TPSA) is 0 Å². The van der Waals surface area contributed by atoms with Crippen molar-refractivity contribution in [3.05, 3.63) is 70.8 Å². The Morgan fingerprint density at radius 3 is 1.12 bits per heavy atom. The maximum absolute atomic E-state index is 2.35. The van der Waals surface area contributed by atoms with Crippen LogP contribution >= 0.6 is 0 Å². The van der Waals surface area contributed by atoms with Crippen LogP contribution < -0.4 is 0 Å². The van der Waals surface area contributed by atoms with Crippen molar-refractivity contribution in [1.29, 1.82) is 0 Å². The summed E-state index contributed by atoms with van der Waals surface area (Å²) >= 11 is 0. The van der Waals surface area contributed by atoms with Crippen LogP contribution in [0.25, 0.3) is 0 Å². The maximum Gasteiger partial charge on any atom is -0.0250 e. The monoisotopic (exact) mass is 320 g/mol. The zero-order chi connectivity index (χ0) is 16.8. The van der Waals surface area contributed by atoms with Crippen LogP contribution in [0.2, 0.25) is 0 Å². The van der Waals surface area contributed by atoms with Gasteiger partial charge in [-0.25, -0.2) is 0 Å².